The second kappa shape index (κ2) is 5.41. The molecule has 1 rings (SSSR count). The Balaban J connectivity index is 0.000000292. The highest BCUT2D eigenvalue weighted by Crippen LogP contribution is 2.21. The highest BCUT2D eigenvalue weighted by molar-refractivity contribution is 7.78. The molecule has 1 aromatic rings. The molecule has 0 fully saturated rings. The second-order valence-corrected chi connectivity index (χ2v) is 1.79. The van der Waals surface area contributed by atoms with Crippen LogP contribution in [0.3, 0.4) is 0 Å². The fourth-order valence-electron chi connectivity index (χ4n) is 0.464. The number of phenolic OH excluding ortho intramolecular Hbond substituents is 2. The van der Waals surface area contributed by atoms with Gasteiger partial charge in [0.05, 0.1) is 5.16 Å². The van der Waals surface area contributed by atoms with Crippen LogP contribution < -0.4 is 0 Å². The van der Waals surface area contributed by atoms with Gasteiger partial charge in [0, 0.05) is 0 Å². The summed E-state index contributed by atoms with van der Waals surface area (Å²) in [6.45, 7) is 0. The van der Waals surface area contributed by atoms with Gasteiger partial charge in [-0.1, -0.05) is 12.1 Å². The Bertz CT molecular complexity index is 235. The number of benzene rings is 1. The molecule has 3 nitrogen and oxygen atoms in total. The average molecular weight is 169 g/mol. The van der Waals surface area contributed by atoms with Crippen molar-refractivity contribution in [2.75, 3.05) is 0 Å². The van der Waals surface area contributed by atoms with E-state index in [1.807, 2.05) is 0 Å². The maximum absolute atomic E-state index is 8.67. The number of rotatable bonds is 0. The van der Waals surface area contributed by atoms with Gasteiger partial charge < -0.3 is 10.2 Å². The number of aromatic hydroxyl groups is 2. The van der Waals surface area contributed by atoms with Gasteiger partial charge in [0.25, 0.3) is 0 Å². The van der Waals surface area contributed by atoms with Crippen LogP contribution in [-0.4, -0.2) is 15.4 Å². The molecule has 4 heteroatoms. The average Bonchev–Trinajstić information content (AvgIpc) is 1.97. The lowest BCUT2D eigenvalue weighted by atomic mass is 10.3. The van der Waals surface area contributed by atoms with E-state index in [1.165, 1.54) is 12.1 Å². The van der Waals surface area contributed by atoms with Gasteiger partial charge in [-0.2, -0.15) is 0 Å². The normalized spacial score (nSPS) is 7.27. The lowest BCUT2D eigenvalue weighted by Gasteiger charge is -1.91. The Labute approximate surface area is 69.4 Å². The molecule has 0 aliphatic heterocycles. The van der Waals surface area contributed by atoms with Crippen molar-refractivity contribution in [3.05, 3.63) is 24.3 Å². The van der Waals surface area contributed by atoms with E-state index in [2.05, 4.69) is 12.2 Å². The molecule has 0 aliphatic rings. The van der Waals surface area contributed by atoms with Gasteiger partial charge in [-0.05, 0) is 24.4 Å². The van der Waals surface area contributed by atoms with Crippen LogP contribution in [-0.2, 0) is 0 Å². The number of hydrogen-bond acceptors (Lipinski definition) is 4. The predicted molar refractivity (Wildman–Crippen MR) is 45.1 cm³/mol. The van der Waals surface area contributed by atoms with Crippen molar-refractivity contribution >= 4 is 17.4 Å². The van der Waals surface area contributed by atoms with Crippen molar-refractivity contribution in [2.45, 2.75) is 0 Å². The van der Waals surface area contributed by atoms with Crippen LogP contribution in [0, 0.1) is 5.41 Å². The fraction of sp³-hybridized carbons (Fsp3) is 0. The molecule has 3 N–H and O–H groups in total. The zero-order chi connectivity index (χ0) is 8.69. The standard InChI is InChI=1S/C6H6O2.CHNS/c7-5-3-1-2-4-6(5)8;2-1-3/h1-4,7-8H;2H. The summed E-state index contributed by atoms with van der Waals surface area (Å²) in [4.78, 5) is 0. The summed E-state index contributed by atoms with van der Waals surface area (Å²) in [5.41, 5.74) is 0. The quantitative estimate of drug-likeness (QED) is 0.315. The molecule has 58 valence electrons. The summed E-state index contributed by atoms with van der Waals surface area (Å²) in [5.74, 6) is -0.153. The maximum atomic E-state index is 8.67. The molecule has 0 radical (unpaired) electrons. The second-order valence-electron chi connectivity index (χ2n) is 1.59. The molecule has 0 amide bonds. The third-order valence-corrected chi connectivity index (χ3v) is 0.882. The summed E-state index contributed by atoms with van der Waals surface area (Å²) in [6, 6.07) is 6.15. The maximum Gasteiger partial charge on any atom is 0.157 e. The molecule has 0 aliphatic carbocycles. The van der Waals surface area contributed by atoms with Crippen LogP contribution in [0.2, 0.25) is 0 Å². The number of phenols is 2. The van der Waals surface area contributed by atoms with Gasteiger partial charge >= 0.3 is 0 Å². The van der Waals surface area contributed by atoms with Crippen LogP contribution in [0.1, 0.15) is 0 Å². The predicted octanol–water partition coefficient (Wildman–Crippen LogP) is 1.77. The van der Waals surface area contributed by atoms with Gasteiger partial charge in [-0.25, -0.2) is 5.41 Å². The Morgan fingerprint density at radius 2 is 1.45 bits per heavy atom. The van der Waals surface area contributed by atoms with E-state index in [0.29, 0.717) is 0 Å². The van der Waals surface area contributed by atoms with Crippen molar-refractivity contribution in [3.63, 3.8) is 0 Å². The Hall–Kier alpha value is -1.38. The molecular weight excluding hydrogens is 162 g/mol. The summed E-state index contributed by atoms with van der Waals surface area (Å²) in [7, 11) is 0. The molecule has 0 saturated carbocycles. The van der Waals surface area contributed by atoms with Crippen LogP contribution >= 0.6 is 12.2 Å². The molecule has 0 spiro atoms. The lowest BCUT2D eigenvalue weighted by Crippen LogP contribution is -1.63. The number of nitrogens with one attached hydrogen (secondary N) is 1. The van der Waals surface area contributed by atoms with Crippen molar-refractivity contribution < 1.29 is 10.2 Å². The number of thiocarbonyl (C=S) groups is 1. The van der Waals surface area contributed by atoms with E-state index >= 15 is 0 Å². The molecule has 0 aromatic heterocycles. The summed E-state index contributed by atoms with van der Waals surface area (Å²) in [6.07, 6.45) is 0. The first-order chi connectivity index (χ1) is 5.22. The first kappa shape index (κ1) is 9.62. The van der Waals surface area contributed by atoms with E-state index in [1.54, 1.807) is 17.3 Å². The molecule has 11 heavy (non-hydrogen) atoms. The van der Waals surface area contributed by atoms with E-state index in [4.69, 9.17) is 15.6 Å². The van der Waals surface area contributed by atoms with Gasteiger partial charge in [0.15, 0.2) is 11.5 Å². The van der Waals surface area contributed by atoms with Crippen molar-refractivity contribution in [1.29, 1.82) is 5.41 Å². The van der Waals surface area contributed by atoms with E-state index in [-0.39, 0.29) is 11.5 Å². The lowest BCUT2D eigenvalue weighted by molar-refractivity contribution is 0.404. The van der Waals surface area contributed by atoms with Crippen LogP contribution in [0.25, 0.3) is 0 Å². The summed E-state index contributed by atoms with van der Waals surface area (Å²) in [5, 5.41) is 24.7. The Morgan fingerprint density at radius 3 is 1.64 bits per heavy atom. The molecule has 0 saturated heterocycles. The van der Waals surface area contributed by atoms with Crippen LogP contribution in [0.5, 0.6) is 11.5 Å². The summed E-state index contributed by atoms with van der Waals surface area (Å²) < 4.78 is 0. The number of hydrogen-bond donors (Lipinski definition) is 3. The number of isothiocyanates is 1. The summed E-state index contributed by atoms with van der Waals surface area (Å²) >= 11 is 3.81. The van der Waals surface area contributed by atoms with Gasteiger partial charge in [-0.3, -0.25) is 0 Å². The SMILES string of the molecule is N=C=S.Oc1ccccc1O. The van der Waals surface area contributed by atoms with Crippen LogP contribution in [0.4, 0.5) is 0 Å². The first-order valence-electron chi connectivity index (χ1n) is 2.73. The minimum Gasteiger partial charge on any atom is -0.504 e. The van der Waals surface area contributed by atoms with Crippen molar-refractivity contribution in [3.8, 4) is 11.5 Å². The van der Waals surface area contributed by atoms with Crippen molar-refractivity contribution in [1.82, 2.24) is 0 Å². The Morgan fingerprint density at radius 1 is 1.18 bits per heavy atom. The largest absolute Gasteiger partial charge is 0.504 e. The zero-order valence-corrected chi connectivity index (χ0v) is 6.43. The monoisotopic (exact) mass is 169 g/mol. The van der Waals surface area contributed by atoms with Crippen LogP contribution in [0.15, 0.2) is 24.3 Å². The van der Waals surface area contributed by atoms with Gasteiger partial charge in [-0.15, -0.1) is 0 Å². The highest BCUT2D eigenvalue weighted by atomic mass is 32.1. The minimum atomic E-state index is -0.0764. The zero-order valence-electron chi connectivity index (χ0n) is 5.61. The molecular formula is C7H7NO2S. The Kier molecular flexibility index (Phi) is 4.73. The van der Waals surface area contributed by atoms with E-state index in [0.717, 1.165) is 0 Å². The molecule has 0 heterocycles. The van der Waals surface area contributed by atoms with E-state index in [9.17, 15) is 0 Å². The smallest absolute Gasteiger partial charge is 0.157 e. The molecule has 0 bridgehead atoms. The molecule has 0 unspecified atom stereocenters. The third-order valence-electron chi connectivity index (χ3n) is 0.882. The highest BCUT2D eigenvalue weighted by Gasteiger charge is 1.90. The fourth-order valence-corrected chi connectivity index (χ4v) is 0.464. The topological polar surface area (TPSA) is 64.3 Å². The number of para-hydroxylation sites is 2. The van der Waals surface area contributed by atoms with Gasteiger partial charge in [0.1, 0.15) is 0 Å². The third kappa shape index (κ3) is 4.08. The van der Waals surface area contributed by atoms with E-state index < -0.39 is 0 Å². The van der Waals surface area contributed by atoms with Gasteiger partial charge in [0.2, 0.25) is 0 Å². The molecule has 0 atom stereocenters. The minimum absolute atomic E-state index is 0.0764. The first-order valence-corrected chi connectivity index (χ1v) is 3.14. The van der Waals surface area contributed by atoms with Crippen molar-refractivity contribution in [2.24, 2.45) is 0 Å². The molecule has 1 aromatic carbocycles.